The summed E-state index contributed by atoms with van der Waals surface area (Å²) in [4.78, 5) is 37.6. The first-order valence-corrected chi connectivity index (χ1v) is 14.9. The Hall–Kier alpha value is -4.77. The highest BCUT2D eigenvalue weighted by Gasteiger charge is 2.51. The summed E-state index contributed by atoms with van der Waals surface area (Å²) in [5.74, 6) is -0.242. The van der Waals surface area contributed by atoms with Gasteiger partial charge in [-0.15, -0.1) is 0 Å². The van der Waals surface area contributed by atoms with E-state index in [2.05, 4.69) is 17.2 Å². The molecule has 3 aliphatic heterocycles. The van der Waals surface area contributed by atoms with Crippen molar-refractivity contribution in [3.8, 4) is 0 Å². The van der Waals surface area contributed by atoms with Crippen LogP contribution >= 0.6 is 0 Å². The van der Waals surface area contributed by atoms with Crippen molar-refractivity contribution in [1.29, 1.82) is 0 Å². The first kappa shape index (κ1) is 30.7. The van der Waals surface area contributed by atoms with Crippen LogP contribution in [0.4, 0.5) is 5.69 Å². The SMILES string of the molecule is C=CCOC(=O)C1=C(CCCCOCc2ccccc2)NC2=[N+]3[C@H](CC[C@@H]13)C(C(=O)OCC)=C(c1ccc([N+](=O)[O-])cc1)N2. The van der Waals surface area contributed by atoms with Crippen LogP contribution in [0, 0.1) is 10.1 Å². The van der Waals surface area contributed by atoms with Gasteiger partial charge in [-0.1, -0.05) is 43.0 Å². The number of nitro groups is 1. The molecule has 3 aliphatic rings. The summed E-state index contributed by atoms with van der Waals surface area (Å²) < 4.78 is 18.9. The number of hydrogen-bond acceptors (Lipinski definition) is 9. The molecule has 3 heterocycles. The fourth-order valence-electron chi connectivity index (χ4n) is 5.98. The molecule has 0 bridgehead atoms. The van der Waals surface area contributed by atoms with Crippen LogP contribution in [0.3, 0.4) is 0 Å². The summed E-state index contributed by atoms with van der Waals surface area (Å²) in [6.07, 6.45) is 4.92. The lowest BCUT2D eigenvalue weighted by Crippen LogP contribution is -2.56. The third-order valence-electron chi connectivity index (χ3n) is 7.91. The number of unbranched alkanes of at least 4 members (excludes halogenated alkanes) is 1. The van der Waals surface area contributed by atoms with Crippen molar-refractivity contribution in [3.05, 3.63) is 105 Å². The number of hydrogen-bond donors (Lipinski definition) is 2. The van der Waals surface area contributed by atoms with Crippen molar-refractivity contribution in [2.75, 3.05) is 19.8 Å². The number of allylic oxidation sites excluding steroid dienone is 1. The summed E-state index contributed by atoms with van der Waals surface area (Å²) in [5.41, 5.74) is 3.94. The molecule has 2 aromatic rings. The highest BCUT2D eigenvalue weighted by atomic mass is 16.6. The largest absolute Gasteiger partial charge is 0.462 e. The Morgan fingerprint density at radius 3 is 2.39 bits per heavy atom. The molecule has 2 N–H and O–H groups in total. The van der Waals surface area contributed by atoms with E-state index in [9.17, 15) is 19.7 Å². The molecular formula is C33H37N4O7+. The number of nitrogens with one attached hydrogen (secondary N) is 2. The zero-order valence-corrected chi connectivity index (χ0v) is 24.8. The summed E-state index contributed by atoms with van der Waals surface area (Å²) in [5, 5.41) is 18.1. The molecule has 2 atom stereocenters. The number of rotatable bonds is 14. The lowest BCUT2D eigenvalue weighted by atomic mass is 9.96. The zero-order valence-electron chi connectivity index (χ0n) is 24.8. The van der Waals surface area contributed by atoms with Crippen molar-refractivity contribution in [3.63, 3.8) is 0 Å². The summed E-state index contributed by atoms with van der Waals surface area (Å²) >= 11 is 0. The van der Waals surface area contributed by atoms with Crippen molar-refractivity contribution in [2.24, 2.45) is 0 Å². The number of nitrogens with zero attached hydrogens (tertiary/aromatic N) is 2. The second-order valence-electron chi connectivity index (χ2n) is 10.7. The molecule has 0 amide bonds. The van der Waals surface area contributed by atoms with Crippen LogP contribution < -0.4 is 10.6 Å². The molecule has 5 rings (SSSR count). The van der Waals surface area contributed by atoms with E-state index in [-0.39, 0.29) is 31.0 Å². The quantitative estimate of drug-likeness (QED) is 0.0810. The van der Waals surface area contributed by atoms with Crippen LogP contribution in [0.5, 0.6) is 0 Å². The van der Waals surface area contributed by atoms with Crippen LogP contribution in [0.1, 0.15) is 50.2 Å². The van der Waals surface area contributed by atoms with Gasteiger partial charge < -0.3 is 14.2 Å². The van der Waals surface area contributed by atoms with Crippen LogP contribution in [0.15, 0.2) is 84.1 Å². The minimum absolute atomic E-state index is 0.0468. The molecule has 230 valence electrons. The molecule has 0 aromatic heterocycles. The molecule has 11 heteroatoms. The minimum Gasteiger partial charge on any atom is -0.462 e. The van der Waals surface area contributed by atoms with Gasteiger partial charge in [-0.05, 0) is 50.3 Å². The molecule has 0 aliphatic carbocycles. The van der Waals surface area contributed by atoms with E-state index < -0.39 is 16.9 Å². The van der Waals surface area contributed by atoms with Crippen molar-refractivity contribution < 1.29 is 33.3 Å². The molecule has 0 spiro atoms. The van der Waals surface area contributed by atoms with Gasteiger partial charge in [-0.25, -0.2) is 24.8 Å². The highest BCUT2D eigenvalue weighted by molar-refractivity contribution is 6.04. The van der Waals surface area contributed by atoms with Crippen molar-refractivity contribution >= 4 is 29.3 Å². The van der Waals surface area contributed by atoms with E-state index in [4.69, 9.17) is 14.2 Å². The van der Waals surface area contributed by atoms with Crippen LogP contribution in [-0.4, -0.2) is 59.3 Å². The molecule has 0 radical (unpaired) electrons. The van der Waals surface area contributed by atoms with Gasteiger partial charge >= 0.3 is 17.9 Å². The second kappa shape index (κ2) is 14.1. The monoisotopic (exact) mass is 601 g/mol. The van der Waals surface area contributed by atoms with Crippen LogP contribution in [0.2, 0.25) is 0 Å². The Labute approximate surface area is 256 Å². The van der Waals surface area contributed by atoms with Gasteiger partial charge in [0.05, 0.1) is 23.8 Å². The molecule has 44 heavy (non-hydrogen) atoms. The topological polar surface area (TPSA) is 132 Å². The van der Waals surface area contributed by atoms with Gasteiger partial charge in [-0.2, -0.15) is 0 Å². The zero-order chi connectivity index (χ0) is 31.1. The molecular weight excluding hydrogens is 564 g/mol. The van der Waals surface area contributed by atoms with Gasteiger partial charge in [0, 0.05) is 30.7 Å². The third-order valence-corrected chi connectivity index (χ3v) is 7.91. The molecule has 1 fully saturated rings. The number of guanidine groups is 1. The van der Waals surface area contributed by atoms with Crippen molar-refractivity contribution in [2.45, 2.75) is 57.7 Å². The number of carbonyl (C=O) groups is 2. The number of ether oxygens (including phenoxy) is 3. The lowest BCUT2D eigenvalue weighted by molar-refractivity contribution is -0.567. The normalized spacial score (nSPS) is 18.8. The van der Waals surface area contributed by atoms with Gasteiger partial charge in [0.1, 0.15) is 35.5 Å². The van der Waals surface area contributed by atoms with Gasteiger partial charge in [-0.3, -0.25) is 10.1 Å². The Bertz CT molecular complexity index is 1510. The average molecular weight is 602 g/mol. The smallest absolute Gasteiger partial charge is 0.356 e. The Morgan fingerprint density at radius 2 is 1.70 bits per heavy atom. The maximum absolute atomic E-state index is 13.4. The Balaban J connectivity index is 1.39. The Kier molecular flexibility index (Phi) is 9.86. The van der Waals surface area contributed by atoms with Gasteiger partial charge in [0.25, 0.3) is 5.69 Å². The highest BCUT2D eigenvalue weighted by Crippen LogP contribution is 2.39. The predicted molar refractivity (Wildman–Crippen MR) is 163 cm³/mol. The number of non-ortho nitro benzene ring substituents is 1. The van der Waals surface area contributed by atoms with Crippen molar-refractivity contribution in [1.82, 2.24) is 10.6 Å². The van der Waals surface area contributed by atoms with Crippen LogP contribution in [-0.2, 0) is 30.4 Å². The molecule has 0 saturated carbocycles. The van der Waals surface area contributed by atoms with E-state index in [1.165, 1.54) is 18.2 Å². The molecule has 0 unspecified atom stereocenters. The maximum Gasteiger partial charge on any atom is 0.356 e. The number of nitro benzene ring substituents is 1. The average Bonchev–Trinajstić information content (AvgIpc) is 3.47. The first-order chi connectivity index (χ1) is 21.4. The van der Waals surface area contributed by atoms with E-state index in [1.807, 2.05) is 34.9 Å². The van der Waals surface area contributed by atoms with Gasteiger partial charge in [0.2, 0.25) is 0 Å². The minimum atomic E-state index is -0.473. The van der Waals surface area contributed by atoms with E-state index in [1.54, 1.807) is 19.1 Å². The van der Waals surface area contributed by atoms with E-state index in [0.717, 1.165) is 24.1 Å². The lowest BCUT2D eigenvalue weighted by Gasteiger charge is -2.32. The number of carbonyl (C=O) groups excluding carboxylic acids is 2. The number of benzene rings is 2. The predicted octanol–water partition coefficient (Wildman–Crippen LogP) is 4.35. The summed E-state index contributed by atoms with van der Waals surface area (Å²) in [7, 11) is 0. The standard InChI is InChI=1S/C33H36N4O7/c1-3-19-44-31(38)28-25(12-8-9-20-42-21-22-10-6-5-7-11-22)34-33-35-30(23-13-15-24(16-14-23)37(40)41)29(32(39)43-4-2)27-18-17-26(28)36(27)33/h3,5-7,10-11,13-16,26-27H,1,4,8-9,12,17-21H2,2H3,(H,34,35,38,39)/p+1/t26-,27+/m0/s1. The molecule has 2 aromatic carbocycles. The fourth-order valence-corrected chi connectivity index (χ4v) is 5.98. The molecule has 1 saturated heterocycles. The van der Waals surface area contributed by atoms with E-state index >= 15 is 0 Å². The van der Waals surface area contributed by atoms with Crippen LogP contribution in [0.25, 0.3) is 5.70 Å². The summed E-state index contributed by atoms with van der Waals surface area (Å²) in [6.45, 7) is 6.82. The first-order valence-electron chi connectivity index (χ1n) is 14.9. The fraction of sp³-hybridized carbons (Fsp3) is 0.364. The Morgan fingerprint density at radius 1 is 1.00 bits per heavy atom. The maximum atomic E-state index is 13.4. The third kappa shape index (κ3) is 6.57. The van der Waals surface area contributed by atoms with E-state index in [0.29, 0.717) is 60.8 Å². The second-order valence-corrected chi connectivity index (χ2v) is 10.7. The summed E-state index contributed by atoms with van der Waals surface area (Å²) in [6, 6.07) is 15.4. The number of esters is 2. The van der Waals surface area contributed by atoms with Gasteiger partial charge in [0.15, 0.2) is 0 Å². The molecule has 11 nitrogen and oxygen atoms in total.